The molecule has 0 fully saturated rings. The molecule has 0 atom stereocenters. The van der Waals surface area contributed by atoms with Crippen molar-refractivity contribution in [2.75, 3.05) is 22.9 Å². The van der Waals surface area contributed by atoms with Crippen LogP contribution in [0.2, 0.25) is 0 Å². The second-order valence-electron chi connectivity index (χ2n) is 6.45. The maximum atomic E-state index is 14.0. The first kappa shape index (κ1) is 21.8. The number of Topliss-reactive ketones (excluding diaryl/α,β-unsaturated/α-hetero) is 1. The maximum absolute atomic E-state index is 14.0. The molecule has 0 aromatic heterocycles. The van der Waals surface area contributed by atoms with Crippen molar-refractivity contribution >= 4 is 45.3 Å². The summed E-state index contributed by atoms with van der Waals surface area (Å²) in [6.07, 6.45) is 1.39. The number of amides is 1. The van der Waals surface area contributed by atoms with Crippen LogP contribution in [0.15, 0.2) is 41.3 Å². The Hall–Kier alpha value is -2.45. The first-order valence-electron chi connectivity index (χ1n) is 8.41. The van der Waals surface area contributed by atoms with Gasteiger partial charge in [-0.15, -0.1) is 12.4 Å². The van der Waals surface area contributed by atoms with Gasteiger partial charge in [-0.25, -0.2) is 12.8 Å². The molecule has 1 amide bonds. The number of sulfone groups is 1. The second-order valence-corrected chi connectivity index (χ2v) is 8.44. The number of fused-ring (bicyclic) bond motifs is 1. The van der Waals surface area contributed by atoms with Crippen LogP contribution in [0.1, 0.15) is 29.3 Å². The van der Waals surface area contributed by atoms with Gasteiger partial charge >= 0.3 is 0 Å². The van der Waals surface area contributed by atoms with Crippen molar-refractivity contribution in [1.82, 2.24) is 0 Å². The molecule has 1 heterocycles. The van der Waals surface area contributed by atoms with E-state index in [4.69, 9.17) is 5.73 Å². The van der Waals surface area contributed by atoms with Crippen LogP contribution in [-0.4, -0.2) is 32.4 Å². The maximum Gasteiger partial charge on any atom is 0.242 e. The molecule has 0 saturated heterocycles. The van der Waals surface area contributed by atoms with Crippen molar-refractivity contribution in [3.05, 3.63) is 53.3 Å². The Morgan fingerprint density at radius 3 is 2.57 bits per heavy atom. The van der Waals surface area contributed by atoms with E-state index < -0.39 is 33.1 Å². The molecule has 6 nitrogen and oxygen atoms in total. The Morgan fingerprint density at radius 2 is 1.93 bits per heavy atom. The standard InChI is InChI=1S/C19H19FN2O4S.ClH/c1-12(23)14-8-7-13(10-16(14)20)27(25,26)11-19(24)22-9-3-4-15-17(21)5-2-6-18(15)22;/h2,5-8,10H,3-4,9,11,21H2,1H3;1H. The van der Waals surface area contributed by atoms with Crippen molar-refractivity contribution in [2.24, 2.45) is 0 Å². The minimum absolute atomic E-state index is 0. The summed E-state index contributed by atoms with van der Waals surface area (Å²) in [6.45, 7) is 1.58. The van der Waals surface area contributed by atoms with Crippen molar-refractivity contribution < 1.29 is 22.4 Å². The van der Waals surface area contributed by atoms with Gasteiger partial charge in [-0.05, 0) is 55.7 Å². The number of benzene rings is 2. The molecular weight excluding hydrogens is 407 g/mol. The van der Waals surface area contributed by atoms with Crippen molar-refractivity contribution in [3.8, 4) is 0 Å². The summed E-state index contributed by atoms with van der Waals surface area (Å²) >= 11 is 0. The van der Waals surface area contributed by atoms with Crippen molar-refractivity contribution in [3.63, 3.8) is 0 Å². The third kappa shape index (κ3) is 4.18. The van der Waals surface area contributed by atoms with Gasteiger partial charge in [-0.2, -0.15) is 0 Å². The van der Waals surface area contributed by atoms with Crippen molar-refractivity contribution in [1.29, 1.82) is 0 Å². The van der Waals surface area contributed by atoms with E-state index in [9.17, 15) is 22.4 Å². The fourth-order valence-electron chi connectivity index (χ4n) is 3.21. The number of nitrogen functional groups attached to an aromatic ring is 1. The summed E-state index contributed by atoms with van der Waals surface area (Å²) in [5.41, 5.74) is 7.76. The van der Waals surface area contributed by atoms with E-state index in [1.807, 2.05) is 0 Å². The first-order valence-corrected chi connectivity index (χ1v) is 10.1. The molecule has 0 spiro atoms. The zero-order valence-electron chi connectivity index (χ0n) is 15.1. The summed E-state index contributed by atoms with van der Waals surface area (Å²) in [4.78, 5) is 25.1. The van der Waals surface area contributed by atoms with Crippen LogP contribution in [0.4, 0.5) is 15.8 Å². The number of hydrogen-bond donors (Lipinski definition) is 1. The Kier molecular flexibility index (Phi) is 6.46. The second kappa shape index (κ2) is 8.28. The lowest BCUT2D eigenvalue weighted by Gasteiger charge is -2.30. The van der Waals surface area contributed by atoms with Gasteiger partial charge in [0.2, 0.25) is 5.91 Å². The smallest absolute Gasteiger partial charge is 0.242 e. The SMILES string of the molecule is CC(=O)c1ccc(S(=O)(=O)CC(=O)N2CCCc3c(N)cccc32)cc1F.Cl. The normalized spacial score (nSPS) is 13.4. The molecule has 3 rings (SSSR count). The molecule has 2 aromatic carbocycles. The predicted octanol–water partition coefficient (Wildman–Crippen LogP) is 2.79. The number of nitrogens with two attached hydrogens (primary N) is 1. The molecule has 0 unspecified atom stereocenters. The number of hydrogen-bond acceptors (Lipinski definition) is 5. The number of carbonyl (C=O) groups is 2. The summed E-state index contributed by atoms with van der Waals surface area (Å²) in [6, 6.07) is 8.22. The average Bonchev–Trinajstić information content (AvgIpc) is 2.61. The lowest BCUT2D eigenvalue weighted by atomic mass is 10.00. The largest absolute Gasteiger partial charge is 0.398 e. The molecule has 2 N–H and O–H groups in total. The molecular formula is C19H20ClFN2O4S. The Morgan fingerprint density at radius 1 is 1.21 bits per heavy atom. The highest BCUT2D eigenvalue weighted by Crippen LogP contribution is 2.31. The number of halogens is 2. The van der Waals surface area contributed by atoms with Crippen molar-refractivity contribution in [2.45, 2.75) is 24.7 Å². The molecule has 1 aliphatic heterocycles. The van der Waals surface area contributed by atoms with E-state index in [1.165, 1.54) is 11.8 Å². The van der Waals surface area contributed by atoms with Crippen LogP contribution < -0.4 is 10.6 Å². The summed E-state index contributed by atoms with van der Waals surface area (Å²) in [5, 5.41) is 0. The molecule has 2 aromatic rings. The molecule has 0 bridgehead atoms. The molecule has 0 aliphatic carbocycles. The zero-order valence-corrected chi connectivity index (χ0v) is 16.8. The van der Waals surface area contributed by atoms with Gasteiger partial charge in [-0.3, -0.25) is 9.59 Å². The highest BCUT2D eigenvalue weighted by Gasteiger charge is 2.28. The lowest BCUT2D eigenvalue weighted by molar-refractivity contribution is -0.116. The van der Waals surface area contributed by atoms with Gasteiger partial charge in [0.05, 0.1) is 10.5 Å². The fraction of sp³-hybridized carbons (Fsp3) is 0.263. The third-order valence-electron chi connectivity index (χ3n) is 4.58. The molecule has 150 valence electrons. The highest BCUT2D eigenvalue weighted by atomic mass is 35.5. The zero-order chi connectivity index (χ0) is 19.8. The molecule has 0 radical (unpaired) electrons. The van der Waals surface area contributed by atoms with Gasteiger partial charge in [-0.1, -0.05) is 6.07 Å². The quantitative estimate of drug-likeness (QED) is 0.598. The number of ketones is 1. The van der Waals surface area contributed by atoms with Gasteiger partial charge in [0.1, 0.15) is 11.6 Å². The predicted molar refractivity (Wildman–Crippen MR) is 107 cm³/mol. The van der Waals surface area contributed by atoms with Gasteiger partial charge in [0.25, 0.3) is 0 Å². The van der Waals surface area contributed by atoms with Gasteiger partial charge in [0.15, 0.2) is 15.6 Å². The number of nitrogens with zero attached hydrogens (tertiary/aromatic N) is 1. The first-order chi connectivity index (χ1) is 12.7. The van der Waals surface area contributed by atoms with E-state index in [0.717, 1.165) is 30.2 Å². The van der Waals surface area contributed by atoms with E-state index >= 15 is 0 Å². The van der Waals surface area contributed by atoms with Gasteiger partial charge < -0.3 is 10.6 Å². The van der Waals surface area contributed by atoms with E-state index in [1.54, 1.807) is 18.2 Å². The van der Waals surface area contributed by atoms with Crippen LogP contribution >= 0.6 is 12.4 Å². The number of anilines is 2. The lowest BCUT2D eigenvalue weighted by Crippen LogP contribution is -2.39. The van der Waals surface area contributed by atoms with Crippen LogP contribution in [0.3, 0.4) is 0 Å². The summed E-state index contributed by atoms with van der Waals surface area (Å²) in [5.74, 6) is -2.82. The number of carbonyl (C=O) groups excluding carboxylic acids is 2. The average molecular weight is 427 g/mol. The monoisotopic (exact) mass is 426 g/mol. The molecule has 28 heavy (non-hydrogen) atoms. The highest BCUT2D eigenvalue weighted by molar-refractivity contribution is 7.92. The van der Waals surface area contributed by atoms with Gasteiger partial charge in [0, 0.05) is 17.9 Å². The summed E-state index contributed by atoms with van der Waals surface area (Å²) < 4.78 is 39.1. The van der Waals surface area contributed by atoms with E-state index in [0.29, 0.717) is 24.3 Å². The molecule has 1 aliphatic rings. The fourth-order valence-corrected chi connectivity index (χ4v) is 4.42. The Balaban J connectivity index is 0.00000280. The van der Waals surface area contributed by atoms with Crippen LogP contribution in [0, 0.1) is 5.82 Å². The molecule has 0 saturated carbocycles. The van der Waals surface area contributed by atoms with Crippen LogP contribution in [0.5, 0.6) is 0 Å². The topological polar surface area (TPSA) is 97.5 Å². The number of rotatable bonds is 4. The van der Waals surface area contributed by atoms with Crippen LogP contribution in [0.25, 0.3) is 0 Å². The summed E-state index contributed by atoms with van der Waals surface area (Å²) in [7, 11) is -4.06. The minimum atomic E-state index is -4.06. The molecule has 9 heteroatoms. The van der Waals surface area contributed by atoms with E-state index in [-0.39, 0.29) is 22.9 Å². The Bertz CT molecular complexity index is 1040. The minimum Gasteiger partial charge on any atom is -0.398 e. The Labute approximate surface area is 168 Å². The third-order valence-corrected chi connectivity index (χ3v) is 6.18. The van der Waals surface area contributed by atoms with Crippen LogP contribution in [-0.2, 0) is 21.1 Å². The van der Waals surface area contributed by atoms with E-state index in [2.05, 4.69) is 0 Å².